The number of nitrogens with one attached hydrogen (secondary N) is 1. The van der Waals surface area contributed by atoms with Crippen molar-refractivity contribution >= 4 is 28.9 Å². The molecule has 1 amide bonds. The van der Waals surface area contributed by atoms with Crippen molar-refractivity contribution in [3.8, 4) is 0 Å². The smallest absolute Gasteiger partial charge is 0.338 e. The fourth-order valence-corrected chi connectivity index (χ4v) is 3.80. The lowest BCUT2D eigenvalue weighted by Gasteiger charge is -2.05. The van der Waals surface area contributed by atoms with Crippen molar-refractivity contribution < 1.29 is 14.3 Å². The number of benzene rings is 2. The van der Waals surface area contributed by atoms with Gasteiger partial charge >= 0.3 is 5.97 Å². The summed E-state index contributed by atoms with van der Waals surface area (Å²) in [5, 5.41) is 9.49. The first-order valence-corrected chi connectivity index (χ1v) is 11.0. The van der Waals surface area contributed by atoms with Crippen LogP contribution in [0.4, 0.5) is 5.69 Å². The quantitative estimate of drug-likeness (QED) is 0.409. The van der Waals surface area contributed by atoms with E-state index in [2.05, 4.69) is 15.4 Å². The van der Waals surface area contributed by atoms with Crippen LogP contribution in [0.5, 0.6) is 0 Å². The van der Waals surface area contributed by atoms with E-state index in [1.54, 1.807) is 23.7 Å². The van der Waals surface area contributed by atoms with Crippen LogP contribution in [0.1, 0.15) is 32.2 Å². The number of carbonyl (C=O) groups is 2. The molecule has 0 aliphatic rings. The fourth-order valence-electron chi connectivity index (χ4n) is 3.03. The van der Waals surface area contributed by atoms with Gasteiger partial charge in [0.05, 0.1) is 24.2 Å². The zero-order valence-corrected chi connectivity index (χ0v) is 18.3. The Labute approximate surface area is 189 Å². The zero-order valence-electron chi connectivity index (χ0n) is 17.5. The summed E-state index contributed by atoms with van der Waals surface area (Å²) in [6.07, 6.45) is 3.78. The molecule has 2 heterocycles. The largest absolute Gasteiger partial charge is 0.456 e. The molecule has 0 bridgehead atoms. The number of thiazole rings is 1. The number of hydrogen-bond acceptors (Lipinski definition) is 6. The highest BCUT2D eigenvalue weighted by Gasteiger charge is 2.12. The molecule has 2 aromatic carbocycles. The Morgan fingerprint density at radius 3 is 2.59 bits per heavy atom. The average molecular weight is 447 g/mol. The van der Waals surface area contributed by atoms with Crippen LogP contribution in [0.25, 0.3) is 0 Å². The monoisotopic (exact) mass is 446 g/mol. The third-order valence-corrected chi connectivity index (χ3v) is 5.59. The van der Waals surface area contributed by atoms with E-state index < -0.39 is 5.97 Å². The van der Waals surface area contributed by atoms with Crippen molar-refractivity contribution in [2.75, 3.05) is 5.32 Å². The molecule has 2 aromatic heterocycles. The minimum Gasteiger partial charge on any atom is -0.456 e. The number of aromatic nitrogens is 3. The molecule has 0 aliphatic heterocycles. The van der Waals surface area contributed by atoms with E-state index in [4.69, 9.17) is 4.74 Å². The second-order valence-corrected chi connectivity index (χ2v) is 8.24. The first kappa shape index (κ1) is 21.5. The van der Waals surface area contributed by atoms with Gasteiger partial charge in [-0.05, 0) is 42.8 Å². The molecule has 7 nitrogen and oxygen atoms in total. The number of carbonyl (C=O) groups excluding carboxylic acids is 2. The molecule has 4 rings (SSSR count). The first-order chi connectivity index (χ1) is 15.5. The average Bonchev–Trinajstić information content (AvgIpc) is 3.46. The zero-order chi connectivity index (χ0) is 22.3. The molecule has 32 heavy (non-hydrogen) atoms. The van der Waals surface area contributed by atoms with Crippen LogP contribution in [-0.4, -0.2) is 26.6 Å². The Hall–Kier alpha value is -3.78. The first-order valence-electron chi connectivity index (χ1n) is 10.1. The minimum atomic E-state index is -0.415. The van der Waals surface area contributed by atoms with Gasteiger partial charge in [0.1, 0.15) is 11.6 Å². The van der Waals surface area contributed by atoms with E-state index in [9.17, 15) is 9.59 Å². The summed E-state index contributed by atoms with van der Waals surface area (Å²) < 4.78 is 7.19. The minimum absolute atomic E-state index is 0.0595. The van der Waals surface area contributed by atoms with E-state index in [0.717, 1.165) is 16.8 Å². The van der Waals surface area contributed by atoms with Gasteiger partial charge in [0.25, 0.3) is 0 Å². The molecule has 0 unspecified atom stereocenters. The Morgan fingerprint density at radius 2 is 1.88 bits per heavy atom. The second-order valence-electron chi connectivity index (χ2n) is 7.30. The fraction of sp³-hybridized carbons (Fsp3) is 0.167. The molecular weight excluding hydrogens is 424 g/mol. The third-order valence-electron chi connectivity index (χ3n) is 4.69. The highest BCUT2D eigenvalue weighted by atomic mass is 32.1. The number of hydrogen-bond donors (Lipinski definition) is 1. The van der Waals surface area contributed by atoms with Crippen molar-refractivity contribution in [3.63, 3.8) is 0 Å². The van der Waals surface area contributed by atoms with Gasteiger partial charge in [-0.3, -0.25) is 9.48 Å². The molecule has 4 aromatic rings. The van der Waals surface area contributed by atoms with E-state index in [0.29, 0.717) is 22.8 Å². The Kier molecular flexibility index (Phi) is 6.72. The lowest BCUT2D eigenvalue weighted by molar-refractivity contribution is -0.115. The van der Waals surface area contributed by atoms with Crippen LogP contribution in [0.15, 0.2) is 72.4 Å². The van der Waals surface area contributed by atoms with Gasteiger partial charge in [0.2, 0.25) is 5.91 Å². The number of anilines is 1. The number of esters is 1. The van der Waals surface area contributed by atoms with Crippen LogP contribution in [0.2, 0.25) is 0 Å². The van der Waals surface area contributed by atoms with Crippen LogP contribution in [0, 0.1) is 6.92 Å². The van der Waals surface area contributed by atoms with E-state index in [1.807, 2.05) is 60.3 Å². The Balaban J connectivity index is 1.25. The Morgan fingerprint density at radius 1 is 1.09 bits per heavy atom. The maximum atomic E-state index is 12.3. The van der Waals surface area contributed by atoms with Gasteiger partial charge in [-0.1, -0.05) is 29.8 Å². The molecule has 162 valence electrons. The van der Waals surface area contributed by atoms with Gasteiger partial charge in [-0.2, -0.15) is 5.10 Å². The summed E-state index contributed by atoms with van der Waals surface area (Å²) in [4.78, 5) is 28.9. The molecule has 0 atom stereocenters. The maximum Gasteiger partial charge on any atom is 0.338 e. The molecule has 0 fully saturated rings. The SMILES string of the molecule is Cc1ccc(NC(=O)Cc2nc(COC(=O)c3ccc(Cn4cccn4)cc3)cs2)cc1. The molecule has 0 saturated heterocycles. The van der Waals surface area contributed by atoms with E-state index in [1.165, 1.54) is 11.3 Å². The van der Waals surface area contributed by atoms with Gasteiger partial charge in [-0.25, -0.2) is 9.78 Å². The van der Waals surface area contributed by atoms with Crippen LogP contribution < -0.4 is 5.32 Å². The van der Waals surface area contributed by atoms with E-state index in [-0.39, 0.29) is 18.9 Å². The van der Waals surface area contributed by atoms with Gasteiger partial charge in [-0.15, -0.1) is 11.3 Å². The predicted octanol–water partition coefficient (Wildman–Crippen LogP) is 4.23. The van der Waals surface area contributed by atoms with Crippen LogP contribution >= 0.6 is 11.3 Å². The van der Waals surface area contributed by atoms with E-state index >= 15 is 0 Å². The number of aryl methyl sites for hydroxylation is 1. The van der Waals surface area contributed by atoms with Crippen molar-refractivity contribution in [2.24, 2.45) is 0 Å². The number of ether oxygens (including phenoxy) is 1. The number of nitrogens with zero attached hydrogens (tertiary/aromatic N) is 3. The summed E-state index contributed by atoms with van der Waals surface area (Å²) in [5.74, 6) is -0.552. The lowest BCUT2D eigenvalue weighted by atomic mass is 10.1. The standard InChI is InChI=1S/C24H22N4O3S/c1-17-3-9-20(10-4-17)26-22(29)13-23-27-21(16-32-23)15-31-24(30)19-7-5-18(6-8-19)14-28-12-2-11-25-28/h2-12,16H,13-15H2,1H3,(H,26,29). The summed E-state index contributed by atoms with van der Waals surface area (Å²) in [7, 11) is 0. The molecular formula is C24H22N4O3S. The highest BCUT2D eigenvalue weighted by Crippen LogP contribution is 2.15. The molecule has 8 heteroatoms. The van der Waals surface area contributed by atoms with Crippen LogP contribution in [0.3, 0.4) is 0 Å². The predicted molar refractivity (Wildman–Crippen MR) is 123 cm³/mol. The third kappa shape index (κ3) is 5.89. The van der Waals surface area contributed by atoms with Crippen LogP contribution in [-0.2, 0) is 29.1 Å². The summed E-state index contributed by atoms with van der Waals surface area (Å²) in [6, 6.07) is 16.7. The topological polar surface area (TPSA) is 86.1 Å². The molecule has 0 spiro atoms. The number of amides is 1. The molecule has 1 N–H and O–H groups in total. The normalized spacial score (nSPS) is 10.7. The second kappa shape index (κ2) is 10.0. The summed E-state index contributed by atoms with van der Waals surface area (Å²) >= 11 is 1.37. The highest BCUT2D eigenvalue weighted by molar-refractivity contribution is 7.09. The number of rotatable bonds is 8. The molecule has 0 saturated carbocycles. The van der Waals surface area contributed by atoms with Crippen molar-refractivity contribution in [3.05, 3.63) is 99.8 Å². The summed E-state index contributed by atoms with van der Waals surface area (Å²) in [5.41, 5.74) is 4.02. The van der Waals surface area contributed by atoms with Crippen molar-refractivity contribution in [2.45, 2.75) is 26.5 Å². The maximum absolute atomic E-state index is 12.3. The molecule has 0 radical (unpaired) electrons. The van der Waals surface area contributed by atoms with Crippen molar-refractivity contribution in [1.82, 2.24) is 14.8 Å². The Bertz CT molecular complexity index is 1180. The van der Waals surface area contributed by atoms with Gasteiger partial charge in [0.15, 0.2) is 0 Å². The van der Waals surface area contributed by atoms with Gasteiger partial charge in [0, 0.05) is 23.5 Å². The molecule has 0 aliphatic carbocycles. The lowest BCUT2D eigenvalue weighted by Crippen LogP contribution is -2.14. The van der Waals surface area contributed by atoms with Gasteiger partial charge < -0.3 is 10.1 Å². The summed E-state index contributed by atoms with van der Waals surface area (Å²) in [6.45, 7) is 2.69. The van der Waals surface area contributed by atoms with Crippen molar-refractivity contribution in [1.29, 1.82) is 0 Å².